The molecule has 4 atom stereocenters. The van der Waals surface area contributed by atoms with Crippen LogP contribution in [0.2, 0.25) is 0 Å². The van der Waals surface area contributed by atoms with Crippen molar-refractivity contribution in [1.29, 1.82) is 0 Å². The Hall–Kier alpha value is -2.94. The summed E-state index contributed by atoms with van der Waals surface area (Å²) < 4.78 is 1.58. The van der Waals surface area contributed by atoms with Crippen LogP contribution in [0.25, 0.3) is 0 Å². The van der Waals surface area contributed by atoms with E-state index in [9.17, 15) is 9.59 Å². The molecule has 0 unspecified atom stereocenters. The molecule has 1 aliphatic rings. The highest BCUT2D eigenvalue weighted by molar-refractivity contribution is 9.10. The second-order valence-corrected chi connectivity index (χ2v) is 10.5. The largest absolute Gasteiger partial charge is 1.00 e. The molecule has 0 saturated heterocycles. The van der Waals surface area contributed by atoms with Crippen LogP contribution >= 0.6 is 31.9 Å². The first-order valence-corrected chi connectivity index (χ1v) is 12.7. The number of rotatable bonds is 8. The quantitative estimate of drug-likeness (QED) is 0.0951. The van der Waals surface area contributed by atoms with Crippen LogP contribution in [0.1, 0.15) is 47.1 Å². The number of imidazole rings is 2. The third kappa shape index (κ3) is 6.03. The minimum atomic E-state index is -0.225. The molecule has 2 amide bonds. The number of nitrogen functional groups attached to an aromatic ring is 2. The summed E-state index contributed by atoms with van der Waals surface area (Å²) in [6, 6.07) is 3.43. The maximum atomic E-state index is 12.8. The van der Waals surface area contributed by atoms with Gasteiger partial charge in [-0.25, -0.2) is 9.97 Å². The van der Waals surface area contributed by atoms with Crippen molar-refractivity contribution in [3.63, 3.8) is 0 Å². The maximum absolute atomic E-state index is 12.8. The fourth-order valence-corrected chi connectivity index (χ4v) is 5.66. The lowest BCUT2D eigenvalue weighted by Crippen LogP contribution is -3.00. The van der Waals surface area contributed by atoms with Gasteiger partial charge in [0.15, 0.2) is 11.9 Å². The van der Waals surface area contributed by atoms with E-state index in [0.717, 1.165) is 20.3 Å². The van der Waals surface area contributed by atoms with Gasteiger partial charge in [-0.15, -0.1) is 0 Å². The number of nitrogens with two attached hydrogens (primary N) is 2. The van der Waals surface area contributed by atoms with Crippen LogP contribution in [0.15, 0.2) is 45.9 Å². The molecule has 4 aromatic heterocycles. The molecule has 4 aromatic rings. The monoisotopic (exact) mass is 690 g/mol. The van der Waals surface area contributed by atoms with Gasteiger partial charge in [-0.2, -0.15) is 0 Å². The second kappa shape index (κ2) is 12.3. The van der Waals surface area contributed by atoms with E-state index in [2.05, 4.69) is 72.4 Å². The normalized spacial score (nSPS) is 20.1. The number of aromatic amines is 4. The Balaban J connectivity index is 0.00000200. The van der Waals surface area contributed by atoms with E-state index in [1.54, 1.807) is 36.9 Å². The lowest BCUT2D eigenvalue weighted by molar-refractivity contribution is -0.00100. The van der Waals surface area contributed by atoms with Gasteiger partial charge in [0.1, 0.15) is 11.4 Å². The standard InChI is InChI=1S/C22H24Br2N10O2.2ClH/c23-9-1-13(27-3-9)19(35)29-5-11-12(6-30-20(36)14-2-10(24)4-28-14)18(16-8-32-22(26)34-16)17(11)15-7-31-21(25)33-15;;/h1-4,7-8,11-12,17-18,27-28H,5-6H2,(H,29,35)(H,30,36)(H3,25,31,33)(H3,26,32,34);2*1H/t11-,12-,17-,18+;;/m1../s1. The Kier molecular flexibility index (Phi) is 9.57. The van der Waals surface area contributed by atoms with Crippen molar-refractivity contribution < 1.29 is 37.3 Å². The van der Waals surface area contributed by atoms with Gasteiger partial charge in [0, 0.05) is 57.7 Å². The first-order valence-electron chi connectivity index (χ1n) is 11.1. The van der Waals surface area contributed by atoms with Crippen molar-refractivity contribution in [2.45, 2.75) is 11.8 Å². The number of amides is 2. The molecule has 204 valence electrons. The van der Waals surface area contributed by atoms with E-state index in [4.69, 9.17) is 11.5 Å². The van der Waals surface area contributed by atoms with Gasteiger partial charge in [0.25, 0.3) is 11.8 Å². The van der Waals surface area contributed by atoms with E-state index < -0.39 is 0 Å². The highest BCUT2D eigenvalue weighted by Gasteiger charge is 2.53. The molecule has 1 saturated carbocycles. The van der Waals surface area contributed by atoms with Crippen LogP contribution in [-0.2, 0) is 0 Å². The molecule has 0 aromatic carbocycles. The summed E-state index contributed by atoms with van der Waals surface area (Å²) in [6.45, 7) is 0.738. The number of anilines is 2. The van der Waals surface area contributed by atoms with Crippen LogP contribution in [0, 0.1) is 11.8 Å². The predicted octanol–water partition coefficient (Wildman–Crippen LogP) is -3.32. The average Bonchev–Trinajstić information content (AvgIpc) is 3.63. The molecular weight excluding hydrogens is 667 g/mol. The number of hydrogen-bond donors (Lipinski definition) is 8. The zero-order valence-corrected chi connectivity index (χ0v) is 24.2. The zero-order chi connectivity index (χ0) is 25.4. The Morgan fingerprint density at radius 2 is 1.21 bits per heavy atom. The summed E-state index contributed by atoms with van der Waals surface area (Å²) in [7, 11) is 0. The lowest BCUT2D eigenvalue weighted by Gasteiger charge is -2.51. The van der Waals surface area contributed by atoms with Gasteiger partial charge in [-0.3, -0.25) is 9.59 Å². The van der Waals surface area contributed by atoms with E-state index in [-0.39, 0.29) is 63.2 Å². The Morgan fingerprint density at radius 3 is 1.50 bits per heavy atom. The van der Waals surface area contributed by atoms with Crippen LogP contribution in [0.4, 0.5) is 11.9 Å². The Labute approximate surface area is 249 Å². The summed E-state index contributed by atoms with van der Waals surface area (Å²) in [5, 5.41) is 6.04. The smallest absolute Gasteiger partial charge is 1.00 e. The number of nitrogens with one attached hydrogen (secondary N) is 6. The number of hydrogen-bond acceptors (Lipinski definition) is 6. The van der Waals surface area contributed by atoms with Gasteiger partial charge in [-0.1, -0.05) is 0 Å². The molecule has 16 heteroatoms. The number of carbonyl (C=O) groups is 2. The van der Waals surface area contributed by atoms with Gasteiger partial charge in [-0.05, 0) is 55.8 Å². The van der Waals surface area contributed by atoms with E-state index in [1.807, 2.05) is 0 Å². The second-order valence-electron chi connectivity index (χ2n) is 8.71. The summed E-state index contributed by atoms with van der Waals surface area (Å²) in [4.78, 5) is 46.0. The highest BCUT2D eigenvalue weighted by atomic mass is 79.9. The lowest BCUT2D eigenvalue weighted by atomic mass is 9.54. The number of aromatic nitrogens is 6. The summed E-state index contributed by atoms with van der Waals surface area (Å²) in [6.07, 6.45) is 6.80. The maximum Gasteiger partial charge on any atom is 1.00 e. The molecule has 1 aliphatic carbocycles. The molecule has 10 N–H and O–H groups in total. The first kappa shape index (κ1) is 29.6. The molecule has 1 fully saturated rings. The van der Waals surface area contributed by atoms with Gasteiger partial charge < -0.3 is 66.9 Å². The van der Waals surface area contributed by atoms with E-state index >= 15 is 0 Å². The van der Waals surface area contributed by atoms with Crippen molar-refractivity contribution in [1.82, 2.24) is 40.5 Å². The fourth-order valence-electron chi connectivity index (χ4n) is 4.98. The summed E-state index contributed by atoms with van der Waals surface area (Å²) in [5.74, 6) is -0.0795. The molecule has 0 radical (unpaired) electrons. The molecule has 0 bridgehead atoms. The van der Waals surface area contributed by atoms with Crippen LogP contribution in [-0.4, -0.2) is 54.8 Å². The third-order valence-electron chi connectivity index (χ3n) is 6.59. The van der Waals surface area contributed by atoms with Crippen molar-refractivity contribution in [3.05, 3.63) is 68.6 Å². The highest BCUT2D eigenvalue weighted by Crippen LogP contribution is 2.56. The molecule has 38 heavy (non-hydrogen) atoms. The summed E-state index contributed by atoms with van der Waals surface area (Å²) in [5.41, 5.74) is 14.3. The van der Waals surface area contributed by atoms with E-state index in [0.29, 0.717) is 36.4 Å². The van der Waals surface area contributed by atoms with Gasteiger partial charge in [0.05, 0.1) is 12.4 Å². The number of nitrogens with zero attached hydrogens (tertiary/aromatic N) is 2. The first-order chi connectivity index (χ1) is 17.3. The van der Waals surface area contributed by atoms with Crippen LogP contribution in [0.5, 0.6) is 0 Å². The molecule has 12 nitrogen and oxygen atoms in total. The molecule has 5 rings (SSSR count). The minimum absolute atomic E-state index is 0. The topological polar surface area (TPSA) is 199 Å². The minimum Gasteiger partial charge on any atom is -1.00 e. The molecular formula is C22H26Br2Cl2N10O2. The van der Waals surface area contributed by atoms with Gasteiger partial charge in [0.2, 0.25) is 0 Å². The van der Waals surface area contributed by atoms with E-state index in [1.165, 1.54) is 0 Å². The van der Waals surface area contributed by atoms with Crippen molar-refractivity contribution in [2.75, 3.05) is 24.6 Å². The average molecular weight is 693 g/mol. The Morgan fingerprint density at radius 1 is 0.816 bits per heavy atom. The molecule has 0 aliphatic heterocycles. The van der Waals surface area contributed by atoms with Gasteiger partial charge >= 0.3 is 2.85 Å². The molecule has 0 spiro atoms. The number of halogens is 4. The van der Waals surface area contributed by atoms with Crippen molar-refractivity contribution in [2.24, 2.45) is 11.8 Å². The SMILES string of the molecule is Nc1ncc([C@@H]2[C@H](CNC(=O)c3cc(Br)c[nH]3)[C@@H](CNC(=O)c3cc(Br)c[nH]3)[C@@H]2c2cnc(N)[nH]2)[nH]1.[Cl-].[Cl-].[H+].[H+]. The fraction of sp³-hybridized carbons (Fsp3) is 0.273. The van der Waals surface area contributed by atoms with Crippen molar-refractivity contribution >= 4 is 55.6 Å². The van der Waals surface area contributed by atoms with Crippen LogP contribution < -0.4 is 46.9 Å². The predicted molar refractivity (Wildman–Crippen MR) is 142 cm³/mol. The third-order valence-corrected chi connectivity index (χ3v) is 7.51. The summed E-state index contributed by atoms with van der Waals surface area (Å²) >= 11 is 6.70. The zero-order valence-electron chi connectivity index (χ0n) is 21.6. The van der Waals surface area contributed by atoms with Crippen LogP contribution in [0.3, 0.4) is 0 Å². The van der Waals surface area contributed by atoms with Crippen molar-refractivity contribution in [3.8, 4) is 0 Å². The Bertz CT molecular complexity index is 1310. The number of H-pyrrole nitrogens is 4. The molecule has 4 heterocycles. The number of carbonyl (C=O) groups excluding carboxylic acids is 2.